The molecule has 15 heavy (non-hydrogen) atoms. The Bertz CT molecular complexity index is 344. The molecule has 0 bridgehead atoms. The van der Waals surface area contributed by atoms with Crippen molar-refractivity contribution < 1.29 is 8.42 Å². The van der Waals surface area contributed by atoms with Gasteiger partial charge < -0.3 is 5.32 Å². The smallest absolute Gasteiger partial charge is 0.181 e. The van der Waals surface area contributed by atoms with Gasteiger partial charge in [-0.3, -0.25) is 5.43 Å². The third-order valence-electron chi connectivity index (χ3n) is 1.92. The third kappa shape index (κ3) is 4.10. The number of rotatable bonds is 2. The molecule has 0 unspecified atom stereocenters. The van der Waals surface area contributed by atoms with Gasteiger partial charge in [-0.05, 0) is 12.2 Å². The Labute approximate surface area is 100 Å². The van der Waals surface area contributed by atoms with E-state index in [1.54, 1.807) is 19.1 Å². The van der Waals surface area contributed by atoms with Crippen LogP contribution in [0.5, 0.6) is 0 Å². The number of nitrogens with one attached hydrogen (secondary N) is 2. The zero-order valence-corrected chi connectivity index (χ0v) is 10.9. The van der Waals surface area contributed by atoms with Crippen molar-refractivity contribution in [2.45, 2.75) is 11.4 Å². The number of thiocarbonyl (C=S) groups is 1. The number of nitrogens with zero attached hydrogens (tertiary/aromatic N) is 1. The third-order valence-corrected chi connectivity index (χ3v) is 4.51. The highest BCUT2D eigenvalue weighted by atomic mass is 35.5. The summed E-state index contributed by atoms with van der Waals surface area (Å²) in [4.78, 5) is 0. The molecule has 0 aromatic carbocycles. The minimum atomic E-state index is -3.01. The zero-order valence-electron chi connectivity index (χ0n) is 8.53. The maximum atomic E-state index is 11.3. The Morgan fingerprint density at radius 1 is 1.47 bits per heavy atom. The maximum absolute atomic E-state index is 11.3. The van der Waals surface area contributed by atoms with Crippen molar-refractivity contribution >= 4 is 38.8 Å². The van der Waals surface area contributed by atoms with Crippen LogP contribution >= 0.6 is 23.8 Å². The van der Waals surface area contributed by atoms with Crippen LogP contribution in [0.2, 0.25) is 0 Å². The first-order chi connectivity index (χ1) is 6.80. The predicted molar refractivity (Wildman–Crippen MR) is 64.6 cm³/mol. The van der Waals surface area contributed by atoms with Crippen molar-refractivity contribution in [3.8, 4) is 0 Å². The molecule has 0 aromatic heterocycles. The molecule has 0 aliphatic carbocycles. The van der Waals surface area contributed by atoms with E-state index in [1.807, 2.05) is 0 Å². The first-order valence-corrected chi connectivity index (χ1v) is 7.06. The minimum Gasteiger partial charge on any atom is -0.356 e. The lowest BCUT2D eigenvalue weighted by Crippen LogP contribution is -2.49. The van der Waals surface area contributed by atoms with Gasteiger partial charge in [-0.2, -0.15) is 0 Å². The van der Waals surface area contributed by atoms with Crippen LogP contribution < -0.4 is 10.7 Å². The molecule has 0 saturated carbocycles. The second-order valence-electron chi connectivity index (χ2n) is 3.68. The largest absolute Gasteiger partial charge is 0.356 e. The number of hydrazine groups is 1. The first kappa shape index (κ1) is 13.0. The summed E-state index contributed by atoms with van der Waals surface area (Å²) < 4.78 is 22.5. The summed E-state index contributed by atoms with van der Waals surface area (Å²) in [7, 11) is 0.564. The molecule has 0 amide bonds. The molecule has 1 fully saturated rings. The molecule has 1 aliphatic heterocycles. The number of hydrogen-bond acceptors (Lipinski definition) is 4. The van der Waals surface area contributed by atoms with Gasteiger partial charge in [-0.1, -0.05) is 0 Å². The van der Waals surface area contributed by atoms with Crippen molar-refractivity contribution in [2.75, 3.05) is 25.6 Å². The molecule has 2 atom stereocenters. The highest BCUT2D eigenvalue weighted by molar-refractivity contribution is 7.91. The fourth-order valence-corrected chi connectivity index (χ4v) is 4.22. The van der Waals surface area contributed by atoms with Crippen LogP contribution in [0.4, 0.5) is 0 Å². The van der Waals surface area contributed by atoms with Gasteiger partial charge in [-0.15, -0.1) is 11.6 Å². The molecule has 0 spiro atoms. The molecule has 1 saturated heterocycles. The van der Waals surface area contributed by atoms with Crippen molar-refractivity contribution in [3.05, 3.63) is 0 Å². The van der Waals surface area contributed by atoms with Crippen LogP contribution in [0.15, 0.2) is 0 Å². The van der Waals surface area contributed by atoms with E-state index in [2.05, 4.69) is 10.7 Å². The second-order valence-corrected chi connectivity index (χ2v) is 6.80. The Morgan fingerprint density at radius 2 is 2.07 bits per heavy atom. The summed E-state index contributed by atoms with van der Waals surface area (Å²) in [6.45, 7) is 0. The number of alkyl halides is 1. The first-order valence-electron chi connectivity index (χ1n) is 4.39. The molecular weight excluding hydrogens is 258 g/mol. The zero-order chi connectivity index (χ0) is 11.6. The Kier molecular flexibility index (Phi) is 4.16. The average molecular weight is 272 g/mol. The molecule has 5 nitrogen and oxygen atoms in total. The van der Waals surface area contributed by atoms with Crippen LogP contribution in [-0.4, -0.2) is 55.6 Å². The maximum Gasteiger partial charge on any atom is 0.181 e. The second kappa shape index (κ2) is 4.82. The lowest BCUT2D eigenvalue weighted by molar-refractivity contribution is 0.358. The van der Waals surface area contributed by atoms with Crippen LogP contribution in [0.25, 0.3) is 0 Å². The minimum absolute atomic E-state index is 0.0107. The molecule has 0 aromatic rings. The van der Waals surface area contributed by atoms with E-state index in [9.17, 15) is 8.42 Å². The van der Waals surface area contributed by atoms with E-state index in [1.165, 1.54) is 0 Å². The van der Waals surface area contributed by atoms with Gasteiger partial charge >= 0.3 is 0 Å². The van der Waals surface area contributed by atoms with E-state index >= 15 is 0 Å². The summed E-state index contributed by atoms with van der Waals surface area (Å²) in [5.41, 5.74) is 2.82. The monoisotopic (exact) mass is 271 g/mol. The lowest BCUT2D eigenvalue weighted by atomic mass is 10.3. The van der Waals surface area contributed by atoms with Gasteiger partial charge in [0.15, 0.2) is 14.9 Å². The SMILES string of the molecule is CN(C)NC(=S)N[C@H]1CS(=O)(=O)C[C@@H]1Cl. The predicted octanol–water partition coefficient (Wildman–Crippen LogP) is -0.668. The van der Waals surface area contributed by atoms with Crippen LogP contribution in [-0.2, 0) is 9.84 Å². The molecule has 8 heteroatoms. The van der Waals surface area contributed by atoms with E-state index in [4.69, 9.17) is 23.8 Å². The Balaban J connectivity index is 2.50. The standard InChI is InChI=1S/C7H14ClN3O2S2/c1-11(2)10-7(14)9-6-4-15(12,13)3-5(6)8/h5-6H,3-4H2,1-2H3,(H2,9,10,14)/t5-,6-/m0/s1. The molecular formula is C7H14ClN3O2S2. The molecule has 2 N–H and O–H groups in total. The van der Waals surface area contributed by atoms with E-state index in [0.717, 1.165) is 0 Å². The van der Waals surface area contributed by atoms with E-state index < -0.39 is 15.2 Å². The topological polar surface area (TPSA) is 61.4 Å². The van der Waals surface area contributed by atoms with Crippen molar-refractivity contribution in [1.82, 2.24) is 15.8 Å². The summed E-state index contributed by atoms with van der Waals surface area (Å²) in [5.74, 6) is 0.0488. The van der Waals surface area contributed by atoms with E-state index in [-0.39, 0.29) is 17.5 Å². The highest BCUT2D eigenvalue weighted by Crippen LogP contribution is 2.17. The highest BCUT2D eigenvalue weighted by Gasteiger charge is 2.36. The van der Waals surface area contributed by atoms with Crippen molar-refractivity contribution in [2.24, 2.45) is 0 Å². The van der Waals surface area contributed by atoms with Crippen LogP contribution in [0, 0.1) is 0 Å². The fraction of sp³-hybridized carbons (Fsp3) is 0.857. The Morgan fingerprint density at radius 3 is 2.47 bits per heavy atom. The van der Waals surface area contributed by atoms with Crippen molar-refractivity contribution in [3.63, 3.8) is 0 Å². The van der Waals surface area contributed by atoms with Crippen molar-refractivity contribution in [1.29, 1.82) is 0 Å². The summed E-state index contributed by atoms with van der Waals surface area (Å²) >= 11 is 10.9. The number of halogens is 1. The quantitative estimate of drug-likeness (QED) is 0.395. The molecule has 1 aliphatic rings. The summed E-state index contributed by atoms with van der Waals surface area (Å²) in [6, 6.07) is -0.309. The van der Waals surface area contributed by atoms with Gasteiger partial charge in [0.05, 0.1) is 22.9 Å². The average Bonchev–Trinajstić information content (AvgIpc) is 2.22. The van der Waals surface area contributed by atoms with E-state index in [0.29, 0.717) is 5.11 Å². The fourth-order valence-electron chi connectivity index (χ4n) is 1.34. The lowest BCUT2D eigenvalue weighted by Gasteiger charge is -2.20. The number of hydrogen-bond donors (Lipinski definition) is 2. The number of sulfone groups is 1. The normalized spacial score (nSPS) is 29.1. The van der Waals surface area contributed by atoms with Crippen LogP contribution in [0.1, 0.15) is 0 Å². The molecule has 88 valence electrons. The summed E-state index contributed by atoms with van der Waals surface area (Å²) in [6.07, 6.45) is 0. The molecule has 0 radical (unpaired) electrons. The van der Waals surface area contributed by atoms with Crippen LogP contribution in [0.3, 0.4) is 0 Å². The van der Waals surface area contributed by atoms with Gasteiger partial charge in [0, 0.05) is 14.1 Å². The Hall–Kier alpha value is -0.110. The molecule has 1 heterocycles. The van der Waals surface area contributed by atoms with Gasteiger partial charge in [-0.25, -0.2) is 13.4 Å². The van der Waals surface area contributed by atoms with Gasteiger partial charge in [0.1, 0.15) is 0 Å². The van der Waals surface area contributed by atoms with Gasteiger partial charge in [0.2, 0.25) is 0 Å². The summed E-state index contributed by atoms with van der Waals surface area (Å²) in [5, 5.41) is 4.51. The van der Waals surface area contributed by atoms with Gasteiger partial charge in [0.25, 0.3) is 0 Å². The molecule has 1 rings (SSSR count).